The van der Waals surface area contributed by atoms with E-state index in [1.807, 2.05) is 48.5 Å². The molecule has 2 amide bonds. The minimum absolute atomic E-state index is 0.0893. The first-order valence-corrected chi connectivity index (χ1v) is 14.2. The van der Waals surface area contributed by atoms with Crippen molar-refractivity contribution >= 4 is 39.0 Å². The predicted molar refractivity (Wildman–Crippen MR) is 150 cm³/mol. The molecule has 1 atom stereocenters. The minimum atomic E-state index is -4.61. The molecule has 11 heteroatoms. The highest BCUT2D eigenvalue weighted by Crippen LogP contribution is 2.35. The SMILES string of the molecule is CS(=O)c1ccc(C(F)(F)F)cc1NC(=O)Nc1ccc(-c2cccc(CN3CCOCC3)n2)c2ccccc12. The van der Waals surface area contributed by atoms with Gasteiger partial charge in [0.25, 0.3) is 0 Å². The monoisotopic (exact) mass is 568 g/mol. The average molecular weight is 569 g/mol. The van der Waals surface area contributed by atoms with E-state index < -0.39 is 28.6 Å². The Hall–Kier alpha value is -3.80. The zero-order valence-electron chi connectivity index (χ0n) is 21.6. The molecule has 7 nitrogen and oxygen atoms in total. The molecule has 208 valence electrons. The summed E-state index contributed by atoms with van der Waals surface area (Å²) in [5.74, 6) is 0. The number of aromatic nitrogens is 1. The Balaban J connectivity index is 1.41. The molecule has 0 bridgehead atoms. The van der Waals surface area contributed by atoms with Crippen LogP contribution in [-0.4, -0.2) is 52.7 Å². The molecule has 1 saturated heterocycles. The summed E-state index contributed by atoms with van der Waals surface area (Å²) in [6, 6.07) is 19.0. The molecule has 2 heterocycles. The molecule has 1 aromatic heterocycles. The largest absolute Gasteiger partial charge is 0.416 e. The standard InChI is InChI=1S/C29H27F3N4O3S/c1-40(38)27-12-9-19(29(30,31)32)17-26(27)35-28(37)34-25-11-10-23(21-6-2-3-7-22(21)25)24-8-4-5-20(33-24)18-36-13-15-39-16-14-36/h2-12,17H,13-16,18H2,1H3,(H2,34,35,37). The highest BCUT2D eigenvalue weighted by molar-refractivity contribution is 7.84. The summed E-state index contributed by atoms with van der Waals surface area (Å²) in [7, 11) is -1.62. The molecule has 3 aromatic carbocycles. The van der Waals surface area contributed by atoms with E-state index in [0.717, 1.165) is 65.6 Å². The molecule has 1 fully saturated rings. The molecule has 5 rings (SSSR count). The van der Waals surface area contributed by atoms with Gasteiger partial charge in [-0.1, -0.05) is 36.4 Å². The van der Waals surface area contributed by atoms with E-state index in [-0.39, 0.29) is 10.6 Å². The molecule has 0 saturated carbocycles. The lowest BCUT2D eigenvalue weighted by atomic mass is 10.00. The van der Waals surface area contributed by atoms with Gasteiger partial charge in [-0.15, -0.1) is 0 Å². The maximum atomic E-state index is 13.3. The number of carbonyl (C=O) groups is 1. The molecule has 0 spiro atoms. The number of ether oxygens (including phenoxy) is 1. The van der Waals surface area contributed by atoms with Gasteiger partial charge in [-0.3, -0.25) is 14.1 Å². The third-order valence-electron chi connectivity index (χ3n) is 6.61. The number of nitrogens with zero attached hydrogens (tertiary/aromatic N) is 2. The fraction of sp³-hybridized carbons (Fsp3) is 0.241. The molecule has 4 aromatic rings. The van der Waals surface area contributed by atoms with Gasteiger partial charge in [-0.05, 0) is 41.8 Å². The Kier molecular flexibility index (Phi) is 8.15. The van der Waals surface area contributed by atoms with Gasteiger partial charge in [0.15, 0.2) is 0 Å². The highest BCUT2D eigenvalue weighted by Gasteiger charge is 2.31. The van der Waals surface area contributed by atoms with Crippen LogP contribution in [0.3, 0.4) is 0 Å². The fourth-order valence-corrected chi connectivity index (χ4v) is 5.35. The van der Waals surface area contributed by atoms with Gasteiger partial charge in [0.05, 0.1) is 57.2 Å². The number of hydrogen-bond acceptors (Lipinski definition) is 5. The smallest absolute Gasteiger partial charge is 0.379 e. The minimum Gasteiger partial charge on any atom is -0.379 e. The van der Waals surface area contributed by atoms with Crippen LogP contribution in [-0.2, 0) is 28.3 Å². The van der Waals surface area contributed by atoms with Crippen LogP contribution in [0.15, 0.2) is 77.7 Å². The van der Waals surface area contributed by atoms with Crippen molar-refractivity contribution in [2.45, 2.75) is 17.6 Å². The van der Waals surface area contributed by atoms with E-state index >= 15 is 0 Å². The van der Waals surface area contributed by atoms with Crippen molar-refractivity contribution in [1.82, 2.24) is 9.88 Å². The van der Waals surface area contributed by atoms with Gasteiger partial charge in [0.2, 0.25) is 0 Å². The second-order valence-electron chi connectivity index (χ2n) is 9.35. The Morgan fingerprint density at radius 3 is 2.40 bits per heavy atom. The summed E-state index contributed by atoms with van der Waals surface area (Å²) >= 11 is 0. The third-order valence-corrected chi connectivity index (χ3v) is 7.58. The molecule has 1 aliphatic heterocycles. The Bertz CT molecular complexity index is 1570. The van der Waals surface area contributed by atoms with Crippen molar-refractivity contribution in [3.8, 4) is 11.3 Å². The predicted octanol–water partition coefficient (Wildman–Crippen LogP) is 6.13. The van der Waals surface area contributed by atoms with Crippen molar-refractivity contribution < 1.29 is 26.9 Å². The summed E-state index contributed by atoms with van der Waals surface area (Å²) in [5.41, 5.74) is 1.96. The number of hydrogen-bond donors (Lipinski definition) is 2. The number of carbonyl (C=O) groups excluding carboxylic acids is 1. The van der Waals surface area contributed by atoms with Crippen molar-refractivity contribution in [2.75, 3.05) is 43.2 Å². The summed E-state index contributed by atoms with van der Waals surface area (Å²) in [6.07, 6.45) is -3.28. The topological polar surface area (TPSA) is 83.6 Å². The van der Waals surface area contributed by atoms with Crippen LogP contribution in [0.5, 0.6) is 0 Å². The Morgan fingerprint density at radius 2 is 1.68 bits per heavy atom. The van der Waals surface area contributed by atoms with Gasteiger partial charge < -0.3 is 15.4 Å². The molecular formula is C29H27F3N4O3S. The number of pyridine rings is 1. The van der Waals surface area contributed by atoms with E-state index in [1.165, 1.54) is 6.26 Å². The number of nitrogens with one attached hydrogen (secondary N) is 2. The number of benzene rings is 3. The first kappa shape index (κ1) is 27.8. The lowest BCUT2D eigenvalue weighted by Gasteiger charge is -2.26. The first-order chi connectivity index (χ1) is 19.2. The molecule has 0 radical (unpaired) electrons. The van der Waals surface area contributed by atoms with Crippen LogP contribution in [0.2, 0.25) is 0 Å². The number of anilines is 2. The number of halogens is 3. The first-order valence-electron chi connectivity index (χ1n) is 12.6. The van der Waals surface area contributed by atoms with E-state index in [9.17, 15) is 22.2 Å². The summed E-state index contributed by atoms with van der Waals surface area (Å²) < 4.78 is 57.3. The number of fused-ring (bicyclic) bond motifs is 1. The highest BCUT2D eigenvalue weighted by atomic mass is 32.2. The number of amides is 2. The van der Waals surface area contributed by atoms with Gasteiger partial charge in [-0.2, -0.15) is 13.2 Å². The van der Waals surface area contributed by atoms with Crippen LogP contribution in [0.4, 0.5) is 29.3 Å². The molecule has 2 N–H and O–H groups in total. The zero-order valence-corrected chi connectivity index (χ0v) is 22.4. The van der Waals surface area contributed by atoms with Gasteiger partial charge in [-0.25, -0.2) is 4.79 Å². The zero-order chi connectivity index (χ0) is 28.3. The number of urea groups is 1. The molecule has 1 aliphatic rings. The molecule has 0 aliphatic carbocycles. The van der Waals surface area contributed by atoms with Crippen molar-refractivity contribution in [3.63, 3.8) is 0 Å². The lowest BCUT2D eigenvalue weighted by Crippen LogP contribution is -2.35. The molecule has 40 heavy (non-hydrogen) atoms. The van der Waals surface area contributed by atoms with Gasteiger partial charge >= 0.3 is 12.2 Å². The molecular weight excluding hydrogens is 541 g/mol. The van der Waals surface area contributed by atoms with Crippen molar-refractivity contribution in [1.29, 1.82) is 0 Å². The average Bonchev–Trinajstić information content (AvgIpc) is 2.93. The lowest BCUT2D eigenvalue weighted by molar-refractivity contribution is -0.137. The van der Waals surface area contributed by atoms with E-state index in [2.05, 4.69) is 15.5 Å². The summed E-state index contributed by atoms with van der Waals surface area (Å²) in [5, 5.41) is 6.76. The van der Waals surface area contributed by atoms with Crippen LogP contribution < -0.4 is 10.6 Å². The third kappa shape index (κ3) is 6.33. The van der Waals surface area contributed by atoms with Crippen LogP contribution in [0, 0.1) is 0 Å². The Morgan fingerprint density at radius 1 is 0.950 bits per heavy atom. The van der Waals surface area contributed by atoms with Gasteiger partial charge in [0, 0.05) is 36.8 Å². The van der Waals surface area contributed by atoms with Gasteiger partial charge in [0.1, 0.15) is 0 Å². The van der Waals surface area contributed by atoms with Crippen molar-refractivity contribution in [2.24, 2.45) is 0 Å². The maximum Gasteiger partial charge on any atom is 0.416 e. The van der Waals surface area contributed by atoms with Crippen molar-refractivity contribution in [3.05, 3.63) is 84.1 Å². The number of morpholine rings is 1. The second-order valence-corrected chi connectivity index (χ2v) is 10.7. The van der Waals surface area contributed by atoms with E-state index in [4.69, 9.17) is 9.72 Å². The summed E-state index contributed by atoms with van der Waals surface area (Å²) in [4.78, 5) is 20.2. The number of rotatable bonds is 6. The van der Waals surface area contributed by atoms with Crippen LogP contribution in [0.1, 0.15) is 11.3 Å². The van der Waals surface area contributed by atoms with Crippen LogP contribution in [0.25, 0.3) is 22.0 Å². The quantitative estimate of drug-likeness (QED) is 0.292. The van der Waals surface area contributed by atoms with Crippen LogP contribution >= 0.6 is 0 Å². The van der Waals surface area contributed by atoms with E-state index in [1.54, 1.807) is 6.07 Å². The maximum absolute atomic E-state index is 13.3. The summed E-state index contributed by atoms with van der Waals surface area (Å²) in [6.45, 7) is 3.84. The fourth-order valence-electron chi connectivity index (χ4n) is 4.67. The second kappa shape index (κ2) is 11.7. The normalized spacial score (nSPS) is 15.1. The Labute approximate surface area is 231 Å². The number of alkyl halides is 3. The molecule has 1 unspecified atom stereocenters. The van der Waals surface area contributed by atoms with E-state index in [0.29, 0.717) is 18.9 Å².